The van der Waals surface area contributed by atoms with Crippen molar-refractivity contribution in [2.24, 2.45) is 0 Å². The number of carbonyl (C=O) groups is 1. The van der Waals surface area contributed by atoms with Gasteiger partial charge < -0.3 is 16.0 Å². The first-order valence-electron chi connectivity index (χ1n) is 10.7. The number of sulfone groups is 1. The zero-order chi connectivity index (χ0) is 24.2. The molecule has 0 saturated carbocycles. The van der Waals surface area contributed by atoms with Crippen molar-refractivity contribution in [3.05, 3.63) is 53.2 Å². The second-order valence-electron chi connectivity index (χ2n) is 8.39. The van der Waals surface area contributed by atoms with E-state index in [1.165, 1.54) is 4.52 Å². The fourth-order valence-electron chi connectivity index (χ4n) is 4.32. The van der Waals surface area contributed by atoms with E-state index in [1.807, 2.05) is 16.2 Å². The molecule has 0 bridgehead atoms. The summed E-state index contributed by atoms with van der Waals surface area (Å²) in [5, 5.41) is 7.06. The first-order valence-corrected chi connectivity index (χ1v) is 12.8. The van der Waals surface area contributed by atoms with Crippen LogP contribution in [0, 0.1) is 0 Å². The Bertz CT molecular complexity index is 1530. The van der Waals surface area contributed by atoms with Crippen molar-refractivity contribution < 1.29 is 13.2 Å². The summed E-state index contributed by atoms with van der Waals surface area (Å²) in [6.07, 6.45) is 6.51. The molecule has 178 valence electrons. The minimum Gasteiger partial charge on any atom is -0.381 e. The number of fused-ring (bicyclic) bond motifs is 2. The number of pyridine rings is 1. The summed E-state index contributed by atoms with van der Waals surface area (Å²) >= 11 is 6.54. The number of nitrogen functional groups attached to an aromatic ring is 1. The molecule has 5 rings (SSSR count). The molecule has 2 atom stereocenters. The van der Waals surface area contributed by atoms with Gasteiger partial charge >= 0.3 is 0 Å². The van der Waals surface area contributed by atoms with Crippen LogP contribution >= 0.6 is 11.6 Å². The van der Waals surface area contributed by atoms with E-state index in [4.69, 9.17) is 17.3 Å². The summed E-state index contributed by atoms with van der Waals surface area (Å²) in [5.74, 6) is 0.415. The molecule has 1 saturated heterocycles. The van der Waals surface area contributed by atoms with Gasteiger partial charge in [0.05, 0.1) is 33.8 Å². The molecule has 2 unspecified atom stereocenters. The van der Waals surface area contributed by atoms with E-state index in [0.29, 0.717) is 29.3 Å². The van der Waals surface area contributed by atoms with E-state index in [0.717, 1.165) is 11.4 Å². The third-order valence-corrected chi connectivity index (χ3v) is 8.58. The van der Waals surface area contributed by atoms with Crippen molar-refractivity contribution in [1.82, 2.24) is 29.3 Å². The van der Waals surface area contributed by atoms with E-state index in [1.54, 1.807) is 44.0 Å². The zero-order valence-electron chi connectivity index (χ0n) is 18.5. The van der Waals surface area contributed by atoms with Crippen LogP contribution < -0.4 is 16.0 Å². The molecule has 0 aromatic carbocycles. The molecule has 11 nitrogen and oxygen atoms in total. The molecule has 4 aromatic rings. The smallest absolute Gasteiger partial charge is 0.259 e. The molecule has 1 aliphatic rings. The van der Waals surface area contributed by atoms with Gasteiger partial charge in [0.2, 0.25) is 0 Å². The maximum Gasteiger partial charge on any atom is 0.259 e. The molecule has 3 N–H and O–H groups in total. The third kappa shape index (κ3) is 3.62. The third-order valence-electron chi connectivity index (χ3n) is 6.15. The average Bonchev–Trinajstić information content (AvgIpc) is 3.40. The van der Waals surface area contributed by atoms with Crippen LogP contribution in [0.1, 0.15) is 35.8 Å². The SMILES string of the molecule is CC(NC(=O)c1c(N)nn2cccnc12)c1cc(Cl)c2cncn2c1N1CCS(=O)(=O)C(C)C1. The monoisotopic (exact) mass is 502 g/mol. The maximum atomic E-state index is 13.2. The highest BCUT2D eigenvalue weighted by molar-refractivity contribution is 7.92. The van der Waals surface area contributed by atoms with Crippen molar-refractivity contribution in [2.45, 2.75) is 25.1 Å². The van der Waals surface area contributed by atoms with Crippen molar-refractivity contribution >= 4 is 50.1 Å². The second-order valence-corrected chi connectivity index (χ2v) is 11.3. The molecule has 13 heteroatoms. The topological polar surface area (TPSA) is 140 Å². The molecule has 5 heterocycles. The van der Waals surface area contributed by atoms with Gasteiger partial charge in [-0.25, -0.2) is 22.9 Å². The van der Waals surface area contributed by atoms with Gasteiger partial charge in [-0.2, -0.15) is 0 Å². The highest BCUT2D eigenvalue weighted by Gasteiger charge is 2.33. The largest absolute Gasteiger partial charge is 0.381 e. The van der Waals surface area contributed by atoms with Crippen LogP contribution in [0.25, 0.3) is 11.2 Å². The normalized spacial score (nSPS) is 18.9. The molecule has 1 fully saturated rings. The van der Waals surface area contributed by atoms with Crippen LogP contribution in [0.2, 0.25) is 5.02 Å². The Morgan fingerprint density at radius 3 is 2.94 bits per heavy atom. The Morgan fingerprint density at radius 2 is 2.18 bits per heavy atom. The summed E-state index contributed by atoms with van der Waals surface area (Å²) in [6, 6.07) is 2.97. The number of aromatic nitrogens is 5. The van der Waals surface area contributed by atoms with Crippen molar-refractivity contribution in [3.8, 4) is 0 Å². The summed E-state index contributed by atoms with van der Waals surface area (Å²) in [4.78, 5) is 23.7. The average molecular weight is 503 g/mol. The number of hydrogen-bond acceptors (Lipinski definition) is 8. The number of nitrogens with one attached hydrogen (secondary N) is 1. The Kier molecular flexibility index (Phi) is 5.36. The molecule has 4 aromatic heterocycles. The number of halogens is 1. The standard InChI is InChI=1S/C21H23ClN8O3S/c1-12-10-28(6-7-34(12,32)33)21-14(8-15(22)16-9-24-11-29(16)21)13(2)26-20(31)17-18(23)27-30-5-3-4-25-19(17)30/h3-5,8-9,11-13H,6-7,10H2,1-2H3,(H2,23,27)(H,26,31). The Hall–Kier alpha value is -3.38. The number of nitrogens with two attached hydrogens (primary N) is 1. The maximum absolute atomic E-state index is 13.2. The van der Waals surface area contributed by atoms with Crippen LogP contribution in [0.15, 0.2) is 37.1 Å². The van der Waals surface area contributed by atoms with Gasteiger partial charge in [-0.3, -0.25) is 9.20 Å². The van der Waals surface area contributed by atoms with E-state index < -0.39 is 27.0 Å². The highest BCUT2D eigenvalue weighted by Crippen LogP contribution is 2.34. The molecule has 0 spiro atoms. The number of amides is 1. The number of anilines is 2. The zero-order valence-corrected chi connectivity index (χ0v) is 20.1. The fourth-order valence-corrected chi connectivity index (χ4v) is 5.86. The van der Waals surface area contributed by atoms with Crippen molar-refractivity contribution in [2.75, 3.05) is 29.5 Å². The van der Waals surface area contributed by atoms with Gasteiger partial charge in [-0.05, 0) is 26.0 Å². The molecule has 1 aliphatic heterocycles. The lowest BCUT2D eigenvalue weighted by atomic mass is 10.1. The second kappa shape index (κ2) is 8.13. The predicted molar refractivity (Wildman–Crippen MR) is 129 cm³/mol. The summed E-state index contributed by atoms with van der Waals surface area (Å²) in [6.45, 7) is 4.17. The molecule has 1 amide bonds. The predicted octanol–water partition coefficient (Wildman–Crippen LogP) is 1.73. The first-order chi connectivity index (χ1) is 16.2. The van der Waals surface area contributed by atoms with Gasteiger partial charge in [0, 0.05) is 31.0 Å². The Balaban J connectivity index is 1.55. The summed E-state index contributed by atoms with van der Waals surface area (Å²) < 4.78 is 27.9. The summed E-state index contributed by atoms with van der Waals surface area (Å²) in [5.41, 5.74) is 7.95. The van der Waals surface area contributed by atoms with E-state index in [-0.39, 0.29) is 17.1 Å². The molecule has 34 heavy (non-hydrogen) atoms. The fraction of sp³-hybridized carbons (Fsp3) is 0.333. The number of carbonyl (C=O) groups excluding carboxylic acids is 1. The number of rotatable bonds is 4. The lowest BCUT2D eigenvalue weighted by Crippen LogP contribution is -2.46. The van der Waals surface area contributed by atoms with Crippen molar-refractivity contribution in [3.63, 3.8) is 0 Å². The first kappa shape index (κ1) is 22.4. The number of nitrogens with zero attached hydrogens (tertiary/aromatic N) is 6. The van der Waals surface area contributed by atoms with Crippen LogP contribution in [-0.4, -0.2) is 62.4 Å². The van der Waals surface area contributed by atoms with Gasteiger partial charge in [-0.15, -0.1) is 5.10 Å². The minimum absolute atomic E-state index is 0.0394. The molecule has 0 aliphatic carbocycles. The van der Waals surface area contributed by atoms with Crippen LogP contribution in [0.5, 0.6) is 0 Å². The molecular weight excluding hydrogens is 480 g/mol. The van der Waals surface area contributed by atoms with E-state index in [2.05, 4.69) is 20.4 Å². The molecular formula is C21H23ClN8O3S. The highest BCUT2D eigenvalue weighted by atomic mass is 35.5. The molecule has 0 radical (unpaired) electrons. The summed E-state index contributed by atoms with van der Waals surface area (Å²) in [7, 11) is -3.15. The van der Waals surface area contributed by atoms with Crippen LogP contribution in [0.4, 0.5) is 11.6 Å². The van der Waals surface area contributed by atoms with Gasteiger partial charge in [0.1, 0.15) is 17.7 Å². The van der Waals surface area contributed by atoms with Crippen LogP contribution in [-0.2, 0) is 9.84 Å². The Morgan fingerprint density at radius 1 is 1.38 bits per heavy atom. The van der Waals surface area contributed by atoms with Crippen molar-refractivity contribution in [1.29, 1.82) is 0 Å². The van der Waals surface area contributed by atoms with Gasteiger partial charge in [0.25, 0.3) is 5.91 Å². The Labute approximate surface area is 200 Å². The minimum atomic E-state index is -3.15. The lowest BCUT2D eigenvalue weighted by Gasteiger charge is -2.35. The quantitative estimate of drug-likeness (QED) is 0.430. The number of hydrogen-bond donors (Lipinski definition) is 2. The van der Waals surface area contributed by atoms with E-state index in [9.17, 15) is 13.2 Å². The van der Waals surface area contributed by atoms with Gasteiger partial charge in [-0.1, -0.05) is 11.6 Å². The van der Waals surface area contributed by atoms with Gasteiger partial charge in [0.15, 0.2) is 21.3 Å². The van der Waals surface area contributed by atoms with E-state index >= 15 is 0 Å². The van der Waals surface area contributed by atoms with Crippen LogP contribution in [0.3, 0.4) is 0 Å². The number of imidazole rings is 1. The lowest BCUT2D eigenvalue weighted by molar-refractivity contribution is 0.0942.